The Morgan fingerprint density at radius 3 is 2.78 bits per heavy atom. The molecule has 2 fully saturated rings. The maximum Gasteiger partial charge on any atom is 0.238 e. The lowest BCUT2D eigenvalue weighted by Crippen LogP contribution is -2.49. The monoisotopic (exact) mass is 338 g/mol. The number of carbonyl (C=O) groups is 1. The molecule has 3 rings (SSSR count). The van der Waals surface area contributed by atoms with Crippen molar-refractivity contribution in [3.05, 3.63) is 30.1 Å². The first kappa shape index (κ1) is 16.4. The Bertz CT molecular complexity index is 679. The van der Waals surface area contributed by atoms with Gasteiger partial charge in [-0.05, 0) is 24.5 Å². The lowest BCUT2D eigenvalue weighted by atomic mass is 10.0. The molecule has 2 aliphatic heterocycles. The topological polar surface area (TPSA) is 82.6 Å². The minimum Gasteiger partial charge on any atom is -0.358 e. The second kappa shape index (κ2) is 6.18. The van der Waals surface area contributed by atoms with E-state index in [0.717, 1.165) is 12.2 Å². The number of hydrogen-bond donors (Lipinski definition) is 1. The molecule has 3 atom stereocenters. The summed E-state index contributed by atoms with van der Waals surface area (Å²) in [7, 11) is -1.88. The number of nitrogens with zero attached hydrogens (tertiary/aromatic N) is 3. The molecule has 2 saturated heterocycles. The van der Waals surface area contributed by atoms with Crippen molar-refractivity contribution in [2.45, 2.75) is 25.0 Å². The number of hydrogen-bond acceptors (Lipinski definition) is 5. The number of pyridine rings is 1. The second-order valence-electron chi connectivity index (χ2n) is 6.30. The molecule has 3 heterocycles. The van der Waals surface area contributed by atoms with Crippen molar-refractivity contribution >= 4 is 15.9 Å². The minimum absolute atomic E-state index is 0.129. The van der Waals surface area contributed by atoms with E-state index in [-0.39, 0.29) is 17.9 Å². The summed E-state index contributed by atoms with van der Waals surface area (Å²) in [5.41, 5.74) is 0.973. The van der Waals surface area contributed by atoms with E-state index in [0.29, 0.717) is 19.5 Å². The highest BCUT2D eigenvalue weighted by molar-refractivity contribution is 7.88. The molecule has 1 aromatic rings. The number of amides is 1. The zero-order valence-electron chi connectivity index (χ0n) is 13.3. The Kier molecular flexibility index (Phi) is 4.39. The molecule has 8 heteroatoms. The number of rotatable bonds is 4. The zero-order valence-corrected chi connectivity index (χ0v) is 14.2. The maximum atomic E-state index is 12.2. The summed E-state index contributed by atoms with van der Waals surface area (Å²) in [6.07, 6.45) is 3.53. The summed E-state index contributed by atoms with van der Waals surface area (Å²) < 4.78 is 25.8. The molecular weight excluding hydrogens is 316 g/mol. The molecular formula is C15H22N4O3S. The molecule has 0 aliphatic carbocycles. The van der Waals surface area contributed by atoms with E-state index in [1.54, 1.807) is 13.2 Å². The molecule has 7 nitrogen and oxygen atoms in total. The average molecular weight is 338 g/mol. The van der Waals surface area contributed by atoms with Crippen LogP contribution in [0.3, 0.4) is 0 Å². The van der Waals surface area contributed by atoms with Crippen molar-refractivity contribution in [3.63, 3.8) is 0 Å². The predicted molar refractivity (Wildman–Crippen MR) is 85.9 cm³/mol. The largest absolute Gasteiger partial charge is 0.358 e. The summed E-state index contributed by atoms with van der Waals surface area (Å²) >= 11 is 0. The van der Waals surface area contributed by atoms with Crippen LogP contribution in [0.1, 0.15) is 12.1 Å². The van der Waals surface area contributed by atoms with Gasteiger partial charge in [0.05, 0.1) is 11.9 Å². The summed E-state index contributed by atoms with van der Waals surface area (Å²) in [5, 5.41) is 2.58. The van der Waals surface area contributed by atoms with Crippen LogP contribution in [0.25, 0.3) is 0 Å². The van der Waals surface area contributed by atoms with Gasteiger partial charge in [-0.25, -0.2) is 8.42 Å². The van der Waals surface area contributed by atoms with Crippen LogP contribution in [-0.4, -0.2) is 67.0 Å². The molecule has 0 unspecified atom stereocenters. The van der Waals surface area contributed by atoms with Crippen LogP contribution in [-0.2, 0) is 21.4 Å². The lowest BCUT2D eigenvalue weighted by Gasteiger charge is -2.27. The molecule has 0 aromatic carbocycles. The second-order valence-corrected chi connectivity index (χ2v) is 8.19. The zero-order chi connectivity index (χ0) is 16.6. The molecule has 0 radical (unpaired) electrons. The summed E-state index contributed by atoms with van der Waals surface area (Å²) in [6.45, 7) is 2.14. The Balaban J connectivity index is 1.76. The quantitative estimate of drug-likeness (QED) is 0.812. The van der Waals surface area contributed by atoms with Crippen LogP contribution in [0.5, 0.6) is 0 Å². The fourth-order valence-corrected chi connectivity index (χ4v) is 5.17. The summed E-state index contributed by atoms with van der Waals surface area (Å²) in [5.74, 6) is -0.0307. The van der Waals surface area contributed by atoms with Gasteiger partial charge in [0.15, 0.2) is 0 Å². The number of aromatic nitrogens is 1. The van der Waals surface area contributed by atoms with E-state index in [2.05, 4.69) is 15.2 Å². The first-order valence-corrected chi connectivity index (χ1v) is 9.57. The van der Waals surface area contributed by atoms with Crippen LogP contribution >= 0.6 is 0 Å². The molecule has 1 N–H and O–H groups in total. The van der Waals surface area contributed by atoms with Crippen molar-refractivity contribution in [1.29, 1.82) is 0 Å². The smallest absolute Gasteiger partial charge is 0.238 e. The number of likely N-dealkylation sites (tertiary alicyclic amines) is 1. The van der Waals surface area contributed by atoms with Crippen molar-refractivity contribution in [2.24, 2.45) is 5.92 Å². The van der Waals surface area contributed by atoms with E-state index < -0.39 is 16.1 Å². The molecule has 126 valence electrons. The van der Waals surface area contributed by atoms with Gasteiger partial charge in [-0.1, -0.05) is 6.07 Å². The average Bonchev–Trinajstić information content (AvgIpc) is 3.03. The molecule has 1 aromatic heterocycles. The predicted octanol–water partition coefficient (Wildman–Crippen LogP) is -0.338. The first-order valence-electron chi connectivity index (χ1n) is 7.72. The van der Waals surface area contributed by atoms with E-state index in [1.807, 2.05) is 18.2 Å². The van der Waals surface area contributed by atoms with Gasteiger partial charge in [0.1, 0.15) is 6.04 Å². The highest BCUT2D eigenvalue weighted by Gasteiger charge is 2.52. The van der Waals surface area contributed by atoms with E-state index >= 15 is 0 Å². The molecule has 2 aliphatic rings. The number of carbonyl (C=O) groups excluding carboxylic acids is 1. The van der Waals surface area contributed by atoms with Gasteiger partial charge in [-0.3, -0.25) is 14.7 Å². The third-order valence-corrected chi connectivity index (χ3v) is 5.98. The van der Waals surface area contributed by atoms with Crippen LogP contribution in [0.15, 0.2) is 24.4 Å². The van der Waals surface area contributed by atoms with Crippen LogP contribution < -0.4 is 5.32 Å². The van der Waals surface area contributed by atoms with Crippen molar-refractivity contribution < 1.29 is 13.2 Å². The SMILES string of the molecule is CNC(=O)[C@@H]1C[C@H]2CN(Cc3ccccn3)C[C@H]2N1S(C)(=O)=O. The third kappa shape index (κ3) is 3.24. The first-order chi connectivity index (χ1) is 10.9. The van der Waals surface area contributed by atoms with Gasteiger partial charge in [0, 0.05) is 38.9 Å². The van der Waals surface area contributed by atoms with Gasteiger partial charge in [0.2, 0.25) is 15.9 Å². The van der Waals surface area contributed by atoms with E-state index in [9.17, 15) is 13.2 Å². The van der Waals surface area contributed by atoms with Crippen molar-refractivity contribution in [3.8, 4) is 0 Å². The number of likely N-dealkylation sites (N-methyl/N-ethyl adjacent to an activating group) is 1. The van der Waals surface area contributed by atoms with Gasteiger partial charge in [0.25, 0.3) is 0 Å². The van der Waals surface area contributed by atoms with Gasteiger partial charge in [-0.2, -0.15) is 4.31 Å². The third-order valence-electron chi connectivity index (χ3n) is 4.69. The fourth-order valence-electron chi connectivity index (χ4n) is 3.80. The molecule has 23 heavy (non-hydrogen) atoms. The number of fused-ring (bicyclic) bond motifs is 1. The van der Waals surface area contributed by atoms with Gasteiger partial charge < -0.3 is 5.32 Å². The fraction of sp³-hybridized carbons (Fsp3) is 0.600. The van der Waals surface area contributed by atoms with Crippen molar-refractivity contribution in [1.82, 2.24) is 19.5 Å². The Hall–Kier alpha value is -1.51. The Morgan fingerprint density at radius 2 is 2.17 bits per heavy atom. The summed E-state index contributed by atoms with van der Waals surface area (Å²) in [6, 6.07) is 5.08. The highest BCUT2D eigenvalue weighted by Crippen LogP contribution is 2.37. The molecule has 0 bridgehead atoms. The van der Waals surface area contributed by atoms with Crippen LogP contribution in [0.2, 0.25) is 0 Å². The summed E-state index contributed by atoms with van der Waals surface area (Å²) in [4.78, 5) is 18.6. The lowest BCUT2D eigenvalue weighted by molar-refractivity contribution is -0.124. The van der Waals surface area contributed by atoms with Crippen molar-refractivity contribution in [2.75, 3.05) is 26.4 Å². The van der Waals surface area contributed by atoms with E-state index in [4.69, 9.17) is 0 Å². The van der Waals surface area contributed by atoms with Gasteiger partial charge in [-0.15, -0.1) is 0 Å². The van der Waals surface area contributed by atoms with Crippen LogP contribution in [0, 0.1) is 5.92 Å². The number of nitrogens with one attached hydrogen (secondary N) is 1. The molecule has 0 saturated carbocycles. The minimum atomic E-state index is -3.43. The van der Waals surface area contributed by atoms with Gasteiger partial charge >= 0.3 is 0 Å². The normalized spacial score (nSPS) is 28.7. The maximum absolute atomic E-state index is 12.2. The highest BCUT2D eigenvalue weighted by atomic mass is 32.2. The Morgan fingerprint density at radius 1 is 1.39 bits per heavy atom. The van der Waals surface area contributed by atoms with Crippen LogP contribution in [0.4, 0.5) is 0 Å². The number of sulfonamides is 1. The standard InChI is InChI=1S/C15H22N4O3S/c1-16-15(20)13-7-11-8-18(9-12-5-3-4-6-17-12)10-14(11)19(13)23(2,21)22/h3-6,11,13-14H,7-10H2,1-2H3,(H,16,20)/t11-,13-,14+/m0/s1. The van der Waals surface area contributed by atoms with E-state index in [1.165, 1.54) is 10.6 Å². The molecule has 1 amide bonds. The Labute approximate surface area is 136 Å². The molecule has 0 spiro atoms.